The van der Waals surface area contributed by atoms with Crippen molar-refractivity contribution in [1.82, 2.24) is 0 Å². The molecule has 6 aromatic rings. The Morgan fingerprint density at radius 3 is 1.43 bits per heavy atom. The minimum Gasteiger partial charge on any atom is -0.0625 e. The lowest BCUT2D eigenvalue weighted by Crippen LogP contribution is -2.29. The van der Waals surface area contributed by atoms with E-state index < -0.39 is 5.41 Å². The Hall–Kier alpha value is -4.42. The molecule has 0 saturated heterocycles. The molecular weight excluding hydrogens is 589 g/mol. The van der Waals surface area contributed by atoms with Gasteiger partial charge in [-0.25, -0.2) is 0 Å². The number of hydrogen-bond acceptors (Lipinski definition) is 0. The summed E-state index contributed by atoms with van der Waals surface area (Å²) in [5.41, 5.74) is 21.2. The quantitative estimate of drug-likeness (QED) is 0.163. The molecule has 0 aliphatic heterocycles. The van der Waals surface area contributed by atoms with Crippen LogP contribution < -0.4 is 0 Å². The molecule has 6 aromatic carbocycles. The number of benzene rings is 6. The molecule has 0 heterocycles. The molecule has 0 saturated carbocycles. The van der Waals surface area contributed by atoms with Crippen LogP contribution in [0, 0.1) is 53.4 Å². The molecule has 248 valence electrons. The highest BCUT2D eigenvalue weighted by Crippen LogP contribution is 2.57. The maximum Gasteiger partial charge on any atom is 0.0714 e. The van der Waals surface area contributed by atoms with Crippen LogP contribution in [0.25, 0.3) is 33.0 Å². The minimum atomic E-state index is -0.433. The van der Waals surface area contributed by atoms with Crippen molar-refractivity contribution in [3.8, 4) is 22.3 Å². The average Bonchev–Trinajstić information content (AvgIpc) is 3.29. The van der Waals surface area contributed by atoms with Crippen molar-refractivity contribution in [3.05, 3.63) is 164 Å². The Labute approximate surface area is 295 Å². The summed E-state index contributed by atoms with van der Waals surface area (Å²) < 4.78 is 0. The van der Waals surface area contributed by atoms with Crippen LogP contribution >= 0.6 is 0 Å². The third kappa shape index (κ3) is 5.84. The van der Waals surface area contributed by atoms with Crippen molar-refractivity contribution in [2.45, 2.75) is 87.5 Å². The van der Waals surface area contributed by atoms with Crippen molar-refractivity contribution in [3.63, 3.8) is 0 Å². The first-order valence-electron chi connectivity index (χ1n) is 18.3. The second-order valence-corrected chi connectivity index (χ2v) is 16.2. The highest BCUT2D eigenvalue weighted by molar-refractivity contribution is 5.95. The van der Waals surface area contributed by atoms with Crippen molar-refractivity contribution in [1.29, 1.82) is 0 Å². The smallest absolute Gasteiger partial charge is 0.0625 e. The zero-order valence-electron chi connectivity index (χ0n) is 31.3. The Bertz CT molecular complexity index is 2150. The highest BCUT2D eigenvalue weighted by Gasteiger charge is 2.46. The standard InChI is InChI=1S/C49H52/c1-29(2)15-39-19-36(10)24-45-40(16-30(3)4)26-38(27-46(39)45)37-12-14-44-43-13-11-31(5)25-47(43)49(48(44)28-37,41-20-32(6)17-33(7)21-41)42-22-34(8)18-35(9)23-42/h11-14,17-30H,15-16H2,1-10H3. The SMILES string of the molecule is Cc1cc(C)cc(C2(c3cc(C)cc(C)c3)c3cc(C)ccc3-c3ccc(-c4cc(CC(C)C)c5cc(C)cc(CC(C)C)c5c4)cc32)c1. The molecule has 49 heavy (non-hydrogen) atoms. The lowest BCUT2D eigenvalue weighted by molar-refractivity contribution is 0.647. The van der Waals surface area contributed by atoms with Gasteiger partial charge in [-0.2, -0.15) is 0 Å². The van der Waals surface area contributed by atoms with Gasteiger partial charge < -0.3 is 0 Å². The molecule has 0 spiro atoms. The van der Waals surface area contributed by atoms with E-state index >= 15 is 0 Å². The van der Waals surface area contributed by atoms with Crippen molar-refractivity contribution >= 4 is 10.8 Å². The van der Waals surface area contributed by atoms with Gasteiger partial charge in [-0.1, -0.05) is 146 Å². The fraction of sp³-hybridized carbons (Fsp3) is 0.306. The van der Waals surface area contributed by atoms with Gasteiger partial charge in [0.05, 0.1) is 5.41 Å². The first-order valence-corrected chi connectivity index (χ1v) is 18.3. The van der Waals surface area contributed by atoms with Crippen molar-refractivity contribution < 1.29 is 0 Å². The van der Waals surface area contributed by atoms with Crippen LogP contribution in [0.2, 0.25) is 0 Å². The molecule has 0 nitrogen and oxygen atoms in total. The van der Waals surface area contributed by atoms with Gasteiger partial charge in [-0.3, -0.25) is 0 Å². The molecule has 0 unspecified atom stereocenters. The Morgan fingerprint density at radius 1 is 0.408 bits per heavy atom. The molecule has 0 amide bonds. The zero-order valence-corrected chi connectivity index (χ0v) is 31.3. The van der Waals surface area contributed by atoms with E-state index in [0.29, 0.717) is 11.8 Å². The predicted octanol–water partition coefficient (Wildman–Crippen LogP) is 13.1. The van der Waals surface area contributed by atoms with E-state index in [4.69, 9.17) is 0 Å². The lowest BCUT2D eigenvalue weighted by Gasteiger charge is -2.35. The highest BCUT2D eigenvalue weighted by atomic mass is 14.5. The number of aryl methyl sites for hydroxylation is 6. The fourth-order valence-electron chi connectivity index (χ4n) is 8.94. The van der Waals surface area contributed by atoms with Crippen LogP contribution in [0.3, 0.4) is 0 Å². The first kappa shape index (κ1) is 33.1. The number of rotatable bonds is 7. The third-order valence-corrected chi connectivity index (χ3v) is 10.6. The first-order chi connectivity index (χ1) is 23.3. The summed E-state index contributed by atoms with van der Waals surface area (Å²) in [6, 6.07) is 38.7. The second kappa shape index (κ2) is 12.5. The average molecular weight is 641 g/mol. The van der Waals surface area contributed by atoms with E-state index in [-0.39, 0.29) is 0 Å². The summed E-state index contributed by atoms with van der Waals surface area (Å²) in [5, 5.41) is 2.85. The molecule has 0 N–H and O–H groups in total. The summed E-state index contributed by atoms with van der Waals surface area (Å²) >= 11 is 0. The van der Waals surface area contributed by atoms with E-state index in [2.05, 4.69) is 166 Å². The Balaban J connectivity index is 1.58. The van der Waals surface area contributed by atoms with Gasteiger partial charge in [0.25, 0.3) is 0 Å². The Morgan fingerprint density at radius 2 is 0.878 bits per heavy atom. The molecule has 7 rings (SSSR count). The third-order valence-electron chi connectivity index (χ3n) is 10.6. The molecule has 0 heteroatoms. The van der Waals surface area contributed by atoms with Crippen molar-refractivity contribution in [2.75, 3.05) is 0 Å². The topological polar surface area (TPSA) is 0 Å². The van der Waals surface area contributed by atoms with Crippen LogP contribution in [0.15, 0.2) is 97.1 Å². The fourth-order valence-corrected chi connectivity index (χ4v) is 8.94. The normalized spacial score (nSPS) is 13.4. The maximum absolute atomic E-state index is 2.55. The maximum atomic E-state index is 2.55. The molecule has 0 bridgehead atoms. The molecule has 1 aliphatic carbocycles. The van der Waals surface area contributed by atoms with Gasteiger partial charge >= 0.3 is 0 Å². The molecular formula is C49H52. The van der Waals surface area contributed by atoms with Crippen LogP contribution in [-0.2, 0) is 18.3 Å². The molecule has 0 fully saturated rings. The molecule has 0 atom stereocenters. The van der Waals surface area contributed by atoms with Gasteiger partial charge in [0.15, 0.2) is 0 Å². The van der Waals surface area contributed by atoms with Crippen LogP contribution in [0.1, 0.15) is 94.5 Å². The Kier molecular flexibility index (Phi) is 8.43. The van der Waals surface area contributed by atoms with E-state index in [9.17, 15) is 0 Å². The van der Waals surface area contributed by atoms with Gasteiger partial charge in [0, 0.05) is 0 Å². The second-order valence-electron chi connectivity index (χ2n) is 16.2. The van der Waals surface area contributed by atoms with E-state index in [1.165, 1.54) is 99.8 Å². The van der Waals surface area contributed by atoms with E-state index in [1.54, 1.807) is 0 Å². The van der Waals surface area contributed by atoms with Gasteiger partial charge in [-0.05, 0) is 145 Å². The summed E-state index contributed by atoms with van der Waals surface area (Å²) in [4.78, 5) is 0. The summed E-state index contributed by atoms with van der Waals surface area (Å²) in [6.45, 7) is 22.9. The zero-order chi connectivity index (χ0) is 34.8. The monoisotopic (exact) mass is 640 g/mol. The summed E-state index contributed by atoms with van der Waals surface area (Å²) in [6.07, 6.45) is 2.16. The number of fused-ring (bicyclic) bond motifs is 4. The summed E-state index contributed by atoms with van der Waals surface area (Å²) in [7, 11) is 0. The molecule has 0 aromatic heterocycles. The molecule has 0 radical (unpaired) electrons. The number of hydrogen-bond donors (Lipinski definition) is 0. The van der Waals surface area contributed by atoms with Crippen LogP contribution in [0.4, 0.5) is 0 Å². The van der Waals surface area contributed by atoms with Crippen molar-refractivity contribution in [2.24, 2.45) is 11.8 Å². The minimum absolute atomic E-state index is 0.433. The van der Waals surface area contributed by atoms with Crippen LogP contribution in [-0.4, -0.2) is 0 Å². The summed E-state index contributed by atoms with van der Waals surface area (Å²) in [5.74, 6) is 1.17. The van der Waals surface area contributed by atoms with E-state index in [1.807, 2.05) is 0 Å². The van der Waals surface area contributed by atoms with Gasteiger partial charge in [0.2, 0.25) is 0 Å². The van der Waals surface area contributed by atoms with Gasteiger partial charge in [0.1, 0.15) is 0 Å². The van der Waals surface area contributed by atoms with E-state index in [0.717, 1.165) is 12.8 Å². The molecule has 1 aliphatic rings. The van der Waals surface area contributed by atoms with Crippen LogP contribution in [0.5, 0.6) is 0 Å². The predicted molar refractivity (Wildman–Crippen MR) is 212 cm³/mol. The van der Waals surface area contributed by atoms with Gasteiger partial charge in [-0.15, -0.1) is 0 Å². The lowest BCUT2D eigenvalue weighted by atomic mass is 9.66. The largest absolute Gasteiger partial charge is 0.0714 e.